The Morgan fingerprint density at radius 1 is 1.29 bits per heavy atom. The van der Waals surface area contributed by atoms with Crippen LogP contribution in [-0.2, 0) is 0 Å². The van der Waals surface area contributed by atoms with E-state index >= 15 is 0 Å². The minimum Gasteiger partial charge on any atom is -0.330 e. The van der Waals surface area contributed by atoms with Crippen molar-refractivity contribution in [2.24, 2.45) is 11.7 Å². The van der Waals surface area contributed by atoms with Gasteiger partial charge in [0.2, 0.25) is 0 Å². The average molecular weight is 258 g/mol. The van der Waals surface area contributed by atoms with Gasteiger partial charge in [-0.2, -0.15) is 0 Å². The van der Waals surface area contributed by atoms with E-state index in [2.05, 4.69) is 13.8 Å². The third-order valence-corrected chi connectivity index (χ3v) is 3.44. The topological polar surface area (TPSA) is 26.0 Å². The van der Waals surface area contributed by atoms with E-state index in [0.29, 0.717) is 11.8 Å². The quantitative estimate of drug-likeness (QED) is 0.754. The van der Waals surface area contributed by atoms with Crippen molar-refractivity contribution >= 4 is 11.6 Å². The molecule has 0 heterocycles. The SMILES string of the molecule is CC(C)C(CCCCN)c1ccc(F)c(Cl)c1. The van der Waals surface area contributed by atoms with Gasteiger partial charge in [-0.3, -0.25) is 0 Å². The summed E-state index contributed by atoms with van der Waals surface area (Å²) in [5.41, 5.74) is 6.63. The number of benzene rings is 1. The third kappa shape index (κ3) is 4.29. The molecule has 0 aromatic heterocycles. The Kier molecular flexibility index (Phi) is 5.93. The lowest BCUT2D eigenvalue weighted by atomic mass is 9.84. The van der Waals surface area contributed by atoms with Gasteiger partial charge in [0.05, 0.1) is 5.02 Å². The normalized spacial score (nSPS) is 13.1. The van der Waals surface area contributed by atoms with Gasteiger partial charge >= 0.3 is 0 Å². The van der Waals surface area contributed by atoms with Crippen LogP contribution in [0.25, 0.3) is 0 Å². The van der Waals surface area contributed by atoms with Crippen molar-refractivity contribution in [1.82, 2.24) is 0 Å². The van der Waals surface area contributed by atoms with Crippen molar-refractivity contribution in [2.75, 3.05) is 6.54 Å². The van der Waals surface area contributed by atoms with Crippen molar-refractivity contribution in [3.63, 3.8) is 0 Å². The Hall–Kier alpha value is -0.600. The molecule has 1 nitrogen and oxygen atoms in total. The Morgan fingerprint density at radius 2 is 2.00 bits per heavy atom. The second-order valence-electron chi connectivity index (χ2n) is 4.81. The maximum atomic E-state index is 13.1. The van der Waals surface area contributed by atoms with Crippen molar-refractivity contribution in [3.8, 4) is 0 Å². The van der Waals surface area contributed by atoms with Gasteiger partial charge in [0.1, 0.15) is 5.82 Å². The Labute approximate surface area is 108 Å². The second-order valence-corrected chi connectivity index (χ2v) is 5.22. The van der Waals surface area contributed by atoms with Crippen LogP contribution >= 0.6 is 11.6 Å². The van der Waals surface area contributed by atoms with Crippen molar-refractivity contribution in [2.45, 2.75) is 39.0 Å². The summed E-state index contributed by atoms with van der Waals surface area (Å²) in [5, 5.41) is 0.215. The van der Waals surface area contributed by atoms with E-state index < -0.39 is 0 Å². The van der Waals surface area contributed by atoms with Crippen LogP contribution in [0.3, 0.4) is 0 Å². The molecule has 1 unspecified atom stereocenters. The molecule has 0 spiro atoms. The standard InChI is InChI=1S/C14H21ClFN/c1-10(2)12(5-3-4-8-17)11-6-7-14(16)13(15)9-11/h6-7,9-10,12H,3-5,8,17H2,1-2H3. The van der Waals surface area contributed by atoms with E-state index in [-0.39, 0.29) is 10.8 Å². The highest BCUT2D eigenvalue weighted by atomic mass is 35.5. The van der Waals surface area contributed by atoms with E-state index in [4.69, 9.17) is 17.3 Å². The van der Waals surface area contributed by atoms with E-state index in [1.165, 1.54) is 6.07 Å². The summed E-state index contributed by atoms with van der Waals surface area (Å²) in [6.45, 7) is 5.10. The molecule has 1 rings (SSSR count). The zero-order valence-corrected chi connectivity index (χ0v) is 11.3. The number of rotatable bonds is 6. The minimum atomic E-state index is -0.347. The van der Waals surface area contributed by atoms with Crippen LogP contribution in [0.2, 0.25) is 5.02 Å². The molecule has 0 aliphatic heterocycles. The largest absolute Gasteiger partial charge is 0.330 e. The first-order valence-electron chi connectivity index (χ1n) is 6.21. The molecule has 0 saturated heterocycles. The molecule has 1 aromatic rings. The van der Waals surface area contributed by atoms with Crippen LogP contribution in [0.15, 0.2) is 18.2 Å². The van der Waals surface area contributed by atoms with Gasteiger partial charge in [0.25, 0.3) is 0 Å². The van der Waals surface area contributed by atoms with Crippen LogP contribution in [0, 0.1) is 11.7 Å². The van der Waals surface area contributed by atoms with Crippen LogP contribution < -0.4 is 5.73 Å². The molecule has 0 saturated carbocycles. The third-order valence-electron chi connectivity index (χ3n) is 3.15. The molecule has 96 valence electrons. The van der Waals surface area contributed by atoms with Crippen LogP contribution in [0.1, 0.15) is 44.6 Å². The van der Waals surface area contributed by atoms with E-state index in [1.807, 2.05) is 6.07 Å². The minimum absolute atomic E-state index is 0.215. The summed E-state index contributed by atoms with van der Waals surface area (Å²) in [6.07, 6.45) is 3.23. The Bertz CT molecular complexity index is 352. The molecule has 3 heteroatoms. The van der Waals surface area contributed by atoms with Crippen LogP contribution in [0.4, 0.5) is 4.39 Å². The molecular weight excluding hydrogens is 237 g/mol. The molecule has 0 aliphatic carbocycles. The molecular formula is C14H21ClFN. The highest BCUT2D eigenvalue weighted by molar-refractivity contribution is 6.30. The van der Waals surface area contributed by atoms with Crippen molar-refractivity contribution in [3.05, 3.63) is 34.6 Å². The summed E-state index contributed by atoms with van der Waals surface area (Å²) < 4.78 is 13.1. The summed E-state index contributed by atoms with van der Waals surface area (Å²) in [4.78, 5) is 0. The number of halogens is 2. The monoisotopic (exact) mass is 257 g/mol. The fourth-order valence-corrected chi connectivity index (χ4v) is 2.33. The molecule has 0 aliphatic rings. The number of hydrogen-bond acceptors (Lipinski definition) is 1. The van der Waals surface area contributed by atoms with Gasteiger partial charge in [-0.05, 0) is 48.9 Å². The summed E-state index contributed by atoms with van der Waals surface area (Å²) in [5.74, 6) is 0.605. The van der Waals surface area contributed by atoms with Gasteiger partial charge < -0.3 is 5.73 Å². The number of nitrogens with two attached hydrogens (primary N) is 1. The first-order valence-corrected chi connectivity index (χ1v) is 6.59. The van der Waals surface area contributed by atoms with Gasteiger partial charge in [0, 0.05) is 0 Å². The Morgan fingerprint density at radius 3 is 2.53 bits per heavy atom. The smallest absolute Gasteiger partial charge is 0.141 e. The number of unbranched alkanes of at least 4 members (excludes halogenated alkanes) is 1. The zero-order valence-electron chi connectivity index (χ0n) is 10.5. The van der Waals surface area contributed by atoms with Crippen molar-refractivity contribution < 1.29 is 4.39 Å². The van der Waals surface area contributed by atoms with E-state index in [0.717, 1.165) is 31.4 Å². The molecule has 0 fully saturated rings. The lowest BCUT2D eigenvalue weighted by Gasteiger charge is -2.21. The average Bonchev–Trinajstić information content (AvgIpc) is 2.28. The maximum Gasteiger partial charge on any atom is 0.141 e. The van der Waals surface area contributed by atoms with Crippen LogP contribution in [-0.4, -0.2) is 6.54 Å². The fraction of sp³-hybridized carbons (Fsp3) is 0.571. The van der Waals surface area contributed by atoms with Gasteiger partial charge in [-0.15, -0.1) is 0 Å². The molecule has 0 radical (unpaired) electrons. The second kappa shape index (κ2) is 6.97. The summed E-state index contributed by atoms with van der Waals surface area (Å²) >= 11 is 5.83. The first kappa shape index (κ1) is 14.5. The highest BCUT2D eigenvalue weighted by Crippen LogP contribution is 2.31. The van der Waals surface area contributed by atoms with E-state index in [1.54, 1.807) is 6.07 Å². The lowest BCUT2D eigenvalue weighted by Crippen LogP contribution is -2.08. The fourth-order valence-electron chi connectivity index (χ4n) is 2.14. The molecule has 1 atom stereocenters. The Balaban J connectivity index is 2.78. The highest BCUT2D eigenvalue weighted by Gasteiger charge is 2.16. The molecule has 0 amide bonds. The van der Waals surface area contributed by atoms with Gasteiger partial charge in [0.15, 0.2) is 0 Å². The van der Waals surface area contributed by atoms with Gasteiger partial charge in [-0.1, -0.05) is 37.9 Å². The molecule has 0 bridgehead atoms. The van der Waals surface area contributed by atoms with Crippen molar-refractivity contribution in [1.29, 1.82) is 0 Å². The first-order chi connectivity index (χ1) is 8.06. The molecule has 2 N–H and O–H groups in total. The maximum absolute atomic E-state index is 13.1. The predicted molar refractivity (Wildman–Crippen MR) is 71.9 cm³/mol. The number of hydrogen-bond donors (Lipinski definition) is 1. The lowest BCUT2D eigenvalue weighted by molar-refractivity contribution is 0.449. The zero-order chi connectivity index (χ0) is 12.8. The summed E-state index contributed by atoms with van der Waals surface area (Å²) in [7, 11) is 0. The van der Waals surface area contributed by atoms with E-state index in [9.17, 15) is 4.39 Å². The molecule has 17 heavy (non-hydrogen) atoms. The van der Waals surface area contributed by atoms with Crippen LogP contribution in [0.5, 0.6) is 0 Å². The summed E-state index contributed by atoms with van der Waals surface area (Å²) in [6, 6.07) is 5.05. The van der Waals surface area contributed by atoms with Gasteiger partial charge in [-0.25, -0.2) is 4.39 Å². The predicted octanol–water partition coefficient (Wildman–Crippen LogP) is 4.35. The molecule has 1 aromatic carbocycles.